The quantitative estimate of drug-likeness (QED) is 0.386. The van der Waals surface area contributed by atoms with Gasteiger partial charge in [0.1, 0.15) is 0 Å². The Morgan fingerprint density at radius 1 is 1.17 bits per heavy atom. The van der Waals surface area contributed by atoms with E-state index in [1.54, 1.807) is 50.1 Å². The van der Waals surface area contributed by atoms with Crippen LogP contribution in [0.3, 0.4) is 0 Å². The van der Waals surface area contributed by atoms with Crippen molar-refractivity contribution in [2.75, 3.05) is 26.9 Å². The summed E-state index contributed by atoms with van der Waals surface area (Å²) in [4.78, 5) is 40.0. The number of rotatable bonds is 10. The van der Waals surface area contributed by atoms with Crippen LogP contribution in [0.1, 0.15) is 54.1 Å². The van der Waals surface area contributed by atoms with Crippen molar-refractivity contribution < 1.29 is 23.9 Å². The predicted molar refractivity (Wildman–Crippen MR) is 134 cm³/mol. The molecule has 2 aromatic rings. The van der Waals surface area contributed by atoms with Crippen molar-refractivity contribution >= 4 is 29.4 Å². The Labute approximate surface area is 211 Å². The first-order valence-corrected chi connectivity index (χ1v) is 12.0. The van der Waals surface area contributed by atoms with E-state index in [1.807, 2.05) is 24.3 Å². The first kappa shape index (κ1) is 26.4. The Morgan fingerprint density at radius 2 is 1.91 bits per heavy atom. The monoisotopic (exact) mass is 498 g/mol. The SMILES string of the molecule is CCOC(=O)C1=C(C)N(Cc2ccc(C(=O)NCCCOC)cc2)C(=O)CC1c1cccc(Cl)c1. The van der Waals surface area contributed by atoms with E-state index in [2.05, 4.69) is 5.32 Å². The predicted octanol–water partition coefficient (Wildman–Crippen LogP) is 4.46. The maximum atomic E-state index is 13.2. The topological polar surface area (TPSA) is 84.9 Å². The molecule has 1 unspecified atom stereocenters. The summed E-state index contributed by atoms with van der Waals surface area (Å²) in [5.74, 6) is -1.12. The van der Waals surface area contributed by atoms with Crippen molar-refractivity contribution in [1.82, 2.24) is 10.2 Å². The van der Waals surface area contributed by atoms with E-state index in [0.29, 0.717) is 35.0 Å². The molecule has 0 aromatic heterocycles. The Hall–Kier alpha value is -3.16. The van der Waals surface area contributed by atoms with E-state index in [-0.39, 0.29) is 31.4 Å². The lowest BCUT2D eigenvalue weighted by molar-refractivity contribution is -0.140. The minimum absolute atomic E-state index is 0.0968. The second-order valence-corrected chi connectivity index (χ2v) is 8.75. The summed E-state index contributed by atoms with van der Waals surface area (Å²) in [6.45, 7) is 5.16. The Bertz CT molecular complexity index is 1100. The standard InChI is InChI=1S/C27H31ClN2O5/c1-4-35-27(33)25-18(2)30(24(31)16-23(25)21-7-5-8-22(28)15-21)17-19-9-11-20(12-10-19)26(32)29-13-6-14-34-3/h5,7-12,15,23H,4,6,13-14,16-17H2,1-3H3,(H,29,32). The van der Waals surface area contributed by atoms with Gasteiger partial charge in [-0.05, 0) is 55.7 Å². The fraction of sp³-hybridized carbons (Fsp3) is 0.370. The molecule has 1 aliphatic heterocycles. The largest absolute Gasteiger partial charge is 0.463 e. The second kappa shape index (κ2) is 12.5. The van der Waals surface area contributed by atoms with E-state index in [9.17, 15) is 14.4 Å². The molecule has 1 N–H and O–H groups in total. The molecule has 7 nitrogen and oxygen atoms in total. The number of benzene rings is 2. The van der Waals surface area contributed by atoms with Crippen LogP contribution in [0.2, 0.25) is 5.02 Å². The van der Waals surface area contributed by atoms with E-state index >= 15 is 0 Å². The fourth-order valence-corrected chi connectivity index (χ4v) is 4.35. The van der Waals surface area contributed by atoms with Gasteiger partial charge in [-0.3, -0.25) is 9.59 Å². The van der Waals surface area contributed by atoms with Gasteiger partial charge < -0.3 is 19.7 Å². The van der Waals surface area contributed by atoms with E-state index in [4.69, 9.17) is 21.1 Å². The number of amides is 2. The van der Waals surface area contributed by atoms with Gasteiger partial charge in [-0.15, -0.1) is 0 Å². The number of hydrogen-bond donors (Lipinski definition) is 1. The lowest BCUT2D eigenvalue weighted by atomic mass is 9.83. The Kier molecular flexibility index (Phi) is 9.46. The van der Waals surface area contributed by atoms with Crippen LogP contribution >= 0.6 is 11.6 Å². The number of carbonyl (C=O) groups excluding carboxylic acids is 3. The summed E-state index contributed by atoms with van der Waals surface area (Å²) in [7, 11) is 1.62. The number of hydrogen-bond acceptors (Lipinski definition) is 5. The third kappa shape index (κ3) is 6.71. The highest BCUT2D eigenvalue weighted by molar-refractivity contribution is 6.30. The molecule has 0 fully saturated rings. The number of ether oxygens (including phenoxy) is 2. The zero-order valence-electron chi connectivity index (χ0n) is 20.3. The number of esters is 1. The summed E-state index contributed by atoms with van der Waals surface area (Å²) in [6.07, 6.45) is 0.871. The average molecular weight is 499 g/mol. The van der Waals surface area contributed by atoms with Crippen molar-refractivity contribution in [3.8, 4) is 0 Å². The number of allylic oxidation sites excluding steroid dienone is 1. The number of nitrogens with one attached hydrogen (secondary N) is 1. The molecule has 1 aliphatic rings. The summed E-state index contributed by atoms with van der Waals surface area (Å²) < 4.78 is 10.3. The molecule has 3 rings (SSSR count). The van der Waals surface area contributed by atoms with Gasteiger partial charge in [0, 0.05) is 48.9 Å². The van der Waals surface area contributed by atoms with Gasteiger partial charge in [-0.1, -0.05) is 35.9 Å². The number of nitrogens with zero attached hydrogens (tertiary/aromatic N) is 1. The molecule has 2 amide bonds. The minimum Gasteiger partial charge on any atom is -0.463 e. The molecule has 35 heavy (non-hydrogen) atoms. The average Bonchev–Trinajstić information content (AvgIpc) is 2.84. The number of carbonyl (C=O) groups is 3. The highest BCUT2D eigenvalue weighted by Crippen LogP contribution is 2.38. The fourth-order valence-electron chi connectivity index (χ4n) is 4.15. The molecule has 0 aliphatic carbocycles. The molecule has 1 atom stereocenters. The van der Waals surface area contributed by atoms with Crippen LogP contribution in [0.15, 0.2) is 59.8 Å². The normalized spacial score (nSPS) is 15.8. The van der Waals surface area contributed by atoms with Crippen LogP contribution in [0, 0.1) is 0 Å². The van der Waals surface area contributed by atoms with Gasteiger partial charge >= 0.3 is 5.97 Å². The molecular weight excluding hydrogens is 468 g/mol. The molecule has 8 heteroatoms. The van der Waals surface area contributed by atoms with Gasteiger partial charge in [0.25, 0.3) is 5.91 Å². The van der Waals surface area contributed by atoms with Gasteiger partial charge in [0.2, 0.25) is 5.91 Å². The van der Waals surface area contributed by atoms with Crippen molar-refractivity contribution in [1.29, 1.82) is 0 Å². The molecular formula is C27H31ClN2O5. The smallest absolute Gasteiger partial charge is 0.336 e. The van der Waals surface area contributed by atoms with Crippen molar-refractivity contribution in [3.63, 3.8) is 0 Å². The molecule has 0 radical (unpaired) electrons. The van der Waals surface area contributed by atoms with Crippen LogP contribution in [0.25, 0.3) is 0 Å². The minimum atomic E-state index is -0.437. The Balaban J connectivity index is 1.82. The summed E-state index contributed by atoms with van der Waals surface area (Å²) in [6, 6.07) is 14.3. The number of halogens is 1. The second-order valence-electron chi connectivity index (χ2n) is 8.31. The molecule has 0 saturated heterocycles. The molecule has 0 spiro atoms. The molecule has 186 valence electrons. The first-order chi connectivity index (χ1) is 16.8. The van der Waals surface area contributed by atoms with Crippen molar-refractivity contribution in [2.24, 2.45) is 0 Å². The Morgan fingerprint density at radius 3 is 2.57 bits per heavy atom. The molecule has 2 aromatic carbocycles. The maximum absolute atomic E-state index is 13.2. The lowest BCUT2D eigenvalue weighted by Crippen LogP contribution is -2.38. The van der Waals surface area contributed by atoms with Crippen LogP contribution in [0.4, 0.5) is 0 Å². The number of methoxy groups -OCH3 is 1. The van der Waals surface area contributed by atoms with E-state index in [1.165, 1.54) is 0 Å². The van der Waals surface area contributed by atoms with E-state index < -0.39 is 11.9 Å². The summed E-state index contributed by atoms with van der Waals surface area (Å²) >= 11 is 6.18. The molecule has 0 saturated carbocycles. The van der Waals surface area contributed by atoms with Gasteiger partial charge in [0.15, 0.2) is 0 Å². The third-order valence-electron chi connectivity index (χ3n) is 5.94. The molecule has 0 bridgehead atoms. The van der Waals surface area contributed by atoms with Gasteiger partial charge in [-0.2, -0.15) is 0 Å². The summed E-state index contributed by atoms with van der Waals surface area (Å²) in [5, 5.41) is 3.39. The first-order valence-electron chi connectivity index (χ1n) is 11.7. The molecule has 1 heterocycles. The zero-order chi connectivity index (χ0) is 25.4. The third-order valence-corrected chi connectivity index (χ3v) is 6.17. The lowest BCUT2D eigenvalue weighted by Gasteiger charge is -2.34. The highest BCUT2D eigenvalue weighted by Gasteiger charge is 2.37. The highest BCUT2D eigenvalue weighted by atomic mass is 35.5. The summed E-state index contributed by atoms with van der Waals surface area (Å²) in [5.41, 5.74) is 3.20. The van der Waals surface area contributed by atoms with E-state index in [0.717, 1.165) is 17.5 Å². The van der Waals surface area contributed by atoms with Crippen molar-refractivity contribution in [2.45, 2.75) is 39.2 Å². The maximum Gasteiger partial charge on any atom is 0.336 e. The van der Waals surface area contributed by atoms with Gasteiger partial charge in [-0.25, -0.2) is 4.79 Å². The van der Waals surface area contributed by atoms with Gasteiger partial charge in [0.05, 0.1) is 18.7 Å². The van der Waals surface area contributed by atoms with Crippen LogP contribution in [-0.4, -0.2) is 49.6 Å². The van der Waals surface area contributed by atoms with Crippen LogP contribution in [-0.2, 0) is 25.6 Å². The van der Waals surface area contributed by atoms with Crippen LogP contribution in [0.5, 0.6) is 0 Å². The zero-order valence-corrected chi connectivity index (χ0v) is 21.1. The van der Waals surface area contributed by atoms with Crippen molar-refractivity contribution in [3.05, 3.63) is 81.5 Å². The van der Waals surface area contributed by atoms with Crippen LogP contribution < -0.4 is 5.32 Å².